The summed E-state index contributed by atoms with van der Waals surface area (Å²) in [6, 6.07) is 28.4. The molecule has 0 amide bonds. The van der Waals surface area contributed by atoms with Crippen molar-refractivity contribution in [2.24, 2.45) is 0 Å². The van der Waals surface area contributed by atoms with E-state index in [-0.39, 0.29) is 0 Å². The second-order valence-corrected chi connectivity index (χ2v) is 16.0. The first kappa shape index (κ1) is 38.4. The SMILES string of the molecule is FC(F)(F)C(F)(F)[P-](F)(F)(F)(C(F)(F)C(F)(F)F)C(F)(F)C(F)(F)F.F[P+](c1ccccc1)(c1ccccc1)c1ccccc1. The van der Waals surface area contributed by atoms with Gasteiger partial charge >= 0.3 is 121 Å². The van der Waals surface area contributed by atoms with E-state index in [1.54, 1.807) is 0 Å². The van der Waals surface area contributed by atoms with E-state index in [0.29, 0.717) is 0 Å². The summed E-state index contributed by atoms with van der Waals surface area (Å²) in [5.41, 5.74) is -29.3. The first-order valence-corrected chi connectivity index (χ1v) is 15.4. The molecule has 0 saturated heterocycles. The monoisotopic (exact) mass is 726 g/mol. The molecule has 0 heterocycles. The van der Waals surface area contributed by atoms with Gasteiger partial charge in [0, 0.05) is 0 Å². The Kier molecular flexibility index (Phi) is 9.28. The summed E-state index contributed by atoms with van der Waals surface area (Å²) in [6.45, 7) is -15.0. The number of benzene rings is 3. The fourth-order valence-corrected chi connectivity index (χ4v) is 9.01. The Morgan fingerprint density at radius 1 is 0.356 bits per heavy atom. The molecule has 0 nitrogen and oxygen atoms in total. The molecule has 0 unspecified atom stereocenters. The van der Waals surface area contributed by atoms with Crippen LogP contribution < -0.4 is 15.9 Å². The summed E-state index contributed by atoms with van der Waals surface area (Å²) in [5, 5.41) is 2.28. The van der Waals surface area contributed by atoms with E-state index in [1.165, 1.54) is 0 Å². The summed E-state index contributed by atoms with van der Waals surface area (Å²) in [6.07, 6.45) is -26.1. The van der Waals surface area contributed by atoms with Gasteiger partial charge in [0.05, 0.1) is 0 Å². The van der Waals surface area contributed by atoms with Gasteiger partial charge in [-0.15, -0.1) is 0 Å². The van der Waals surface area contributed by atoms with E-state index >= 15 is 4.20 Å². The number of rotatable bonds is 6. The average molecular weight is 726 g/mol. The molecule has 0 aromatic heterocycles. The van der Waals surface area contributed by atoms with Crippen molar-refractivity contribution in [1.29, 1.82) is 0 Å². The van der Waals surface area contributed by atoms with Crippen LogP contribution in [0.5, 0.6) is 0 Å². The molecule has 0 fully saturated rings. The van der Waals surface area contributed by atoms with Crippen molar-refractivity contribution >= 4 is 30.4 Å². The minimum absolute atomic E-state index is 0.761. The van der Waals surface area contributed by atoms with E-state index in [2.05, 4.69) is 0 Å². The fourth-order valence-electron chi connectivity index (χ4n) is 3.69. The van der Waals surface area contributed by atoms with Crippen LogP contribution in [0.3, 0.4) is 0 Å². The fraction of sp³-hybridized carbons (Fsp3) is 0.250. The maximum absolute atomic E-state index is 16.1. The van der Waals surface area contributed by atoms with Crippen LogP contribution in [-0.4, -0.2) is 35.5 Å². The zero-order valence-electron chi connectivity index (χ0n) is 21.2. The molecule has 0 atom stereocenters. The molecule has 0 bridgehead atoms. The molecule has 0 aliphatic rings. The molecule has 254 valence electrons. The van der Waals surface area contributed by atoms with Crippen molar-refractivity contribution in [3.63, 3.8) is 0 Å². The van der Waals surface area contributed by atoms with Crippen molar-refractivity contribution in [2.45, 2.75) is 35.5 Å². The van der Waals surface area contributed by atoms with Crippen molar-refractivity contribution in [3.8, 4) is 0 Å². The Morgan fingerprint density at radius 2 is 0.533 bits per heavy atom. The summed E-state index contributed by atoms with van der Waals surface area (Å²) in [5.74, 6) is 0. The summed E-state index contributed by atoms with van der Waals surface area (Å²) in [7, 11) is -3.03. The molecular formula is C24H15F19P2. The number of hydrogen-bond donors (Lipinski definition) is 0. The van der Waals surface area contributed by atoms with Crippen LogP contribution in [0.15, 0.2) is 91.0 Å². The molecule has 0 aliphatic carbocycles. The van der Waals surface area contributed by atoms with Gasteiger partial charge in [-0.3, -0.25) is 0 Å². The summed E-state index contributed by atoms with van der Waals surface area (Å²) in [4.78, 5) is 0. The molecule has 45 heavy (non-hydrogen) atoms. The smallest absolute Gasteiger partial charge is 0.0620 e. The van der Waals surface area contributed by atoms with Crippen LogP contribution in [0.4, 0.5) is 82.6 Å². The van der Waals surface area contributed by atoms with Gasteiger partial charge in [0.1, 0.15) is 15.9 Å². The van der Waals surface area contributed by atoms with Gasteiger partial charge in [0.15, 0.2) is 0 Å². The van der Waals surface area contributed by atoms with E-state index in [9.17, 15) is 78.4 Å². The minimum atomic E-state index is -15.0. The topological polar surface area (TPSA) is 0 Å². The molecular weight excluding hydrogens is 711 g/mol. The van der Waals surface area contributed by atoms with Gasteiger partial charge in [-0.05, 0) is 40.6 Å². The Hall–Kier alpha value is -2.81. The first-order chi connectivity index (χ1) is 19.9. The van der Waals surface area contributed by atoms with Crippen LogP contribution >= 0.6 is 14.4 Å². The Morgan fingerprint density at radius 3 is 0.689 bits per heavy atom. The van der Waals surface area contributed by atoms with Crippen LogP contribution in [0.2, 0.25) is 0 Å². The Labute approximate surface area is 240 Å². The van der Waals surface area contributed by atoms with Gasteiger partial charge in [-0.1, -0.05) is 54.6 Å². The molecule has 0 spiro atoms. The van der Waals surface area contributed by atoms with E-state index in [0.717, 1.165) is 15.9 Å². The average Bonchev–Trinajstić information content (AvgIpc) is 2.92. The largest absolute Gasteiger partial charge is 0.298 e. The van der Waals surface area contributed by atoms with Crippen LogP contribution in [0.1, 0.15) is 0 Å². The minimum Gasteiger partial charge on any atom is -0.0620 e. The second-order valence-electron chi connectivity index (χ2n) is 9.00. The zero-order chi connectivity index (χ0) is 35.2. The third-order valence-corrected chi connectivity index (χ3v) is 13.5. The van der Waals surface area contributed by atoms with Crippen LogP contribution in [-0.2, 0) is 0 Å². The van der Waals surface area contributed by atoms with E-state index in [4.69, 9.17) is 0 Å². The van der Waals surface area contributed by atoms with Gasteiger partial charge < -0.3 is 0 Å². The maximum Gasteiger partial charge on any atom is 0.298 e. The quantitative estimate of drug-likeness (QED) is 0.175. The van der Waals surface area contributed by atoms with Gasteiger partial charge in [-0.25, -0.2) is 0 Å². The standard InChI is InChI=1S/C18H15FP.C6F18P/c19-20(16-10-4-1-5-11-16,17-12-6-2-7-13-17)18-14-8-3-9-15-18;7-1(8,9)4(16,17)25(22,23,24,5(18,19)2(10,11)12)6(20,21)3(13,14)15/h1-15H;/q+1;-1. The van der Waals surface area contributed by atoms with Crippen molar-refractivity contribution in [3.05, 3.63) is 91.0 Å². The molecule has 21 heteroatoms. The molecule has 0 saturated carbocycles. The zero-order valence-corrected chi connectivity index (χ0v) is 23.0. The van der Waals surface area contributed by atoms with Gasteiger partial charge in [-0.2, -0.15) is 0 Å². The van der Waals surface area contributed by atoms with Gasteiger partial charge in [0.2, 0.25) is 0 Å². The Bertz CT molecular complexity index is 1280. The molecule has 3 aromatic carbocycles. The third kappa shape index (κ3) is 5.12. The maximum atomic E-state index is 16.1. The normalized spacial score (nSPS) is 15.8. The van der Waals surface area contributed by atoms with Gasteiger partial charge in [0.25, 0.3) is 7.57 Å². The molecule has 3 rings (SSSR count). The molecule has 0 radical (unpaired) electrons. The van der Waals surface area contributed by atoms with Crippen molar-refractivity contribution in [1.82, 2.24) is 0 Å². The number of alkyl halides is 15. The summed E-state index contributed by atoms with van der Waals surface area (Å²) < 4.78 is 239. The number of halogens is 19. The third-order valence-electron chi connectivity index (χ3n) is 6.16. The second kappa shape index (κ2) is 10.9. The first-order valence-electron chi connectivity index (χ1n) is 11.3. The van der Waals surface area contributed by atoms with E-state index in [1.807, 2.05) is 91.0 Å². The predicted octanol–water partition coefficient (Wildman–Crippen LogP) is 11.1. The van der Waals surface area contributed by atoms with Crippen molar-refractivity contribution < 1.29 is 82.6 Å². The number of hydrogen-bond acceptors (Lipinski definition) is 0. The summed E-state index contributed by atoms with van der Waals surface area (Å²) >= 11 is 0. The molecule has 3 aromatic rings. The Balaban J connectivity index is 0.000000319. The molecule has 0 N–H and O–H groups in total. The van der Waals surface area contributed by atoms with Crippen LogP contribution in [0.25, 0.3) is 0 Å². The molecule has 0 aliphatic heterocycles. The van der Waals surface area contributed by atoms with Crippen molar-refractivity contribution in [2.75, 3.05) is 0 Å². The van der Waals surface area contributed by atoms with Crippen LogP contribution in [0, 0.1) is 0 Å². The van der Waals surface area contributed by atoms with E-state index < -0.39 is 50.0 Å². The predicted molar refractivity (Wildman–Crippen MR) is 130 cm³/mol.